The van der Waals surface area contributed by atoms with Crippen LogP contribution in [0.4, 0.5) is 19.0 Å². The first kappa shape index (κ1) is 9.56. The van der Waals surface area contributed by atoms with E-state index in [0.717, 1.165) is 12.4 Å². The van der Waals surface area contributed by atoms with Crippen molar-refractivity contribution in [2.24, 2.45) is 0 Å². The number of nitrogens with one attached hydrogen (secondary N) is 1. The quantitative estimate of drug-likeness (QED) is 0.771. The summed E-state index contributed by atoms with van der Waals surface area (Å²) in [5.41, 5.74) is 0. The summed E-state index contributed by atoms with van der Waals surface area (Å²) in [6, 6.07) is 0. The van der Waals surface area contributed by atoms with E-state index in [2.05, 4.69) is 20.0 Å². The molecule has 0 bridgehead atoms. The summed E-state index contributed by atoms with van der Waals surface area (Å²) in [5.74, 6) is -0.207. The van der Waals surface area contributed by atoms with Crippen molar-refractivity contribution in [1.82, 2.24) is 9.97 Å². The van der Waals surface area contributed by atoms with Crippen molar-refractivity contribution in [3.05, 3.63) is 12.4 Å². The molecule has 1 aromatic heterocycles. The highest BCUT2D eigenvalue weighted by molar-refractivity contribution is 5.30. The number of alkyl halides is 3. The third-order valence-corrected chi connectivity index (χ3v) is 1.10. The van der Waals surface area contributed by atoms with Gasteiger partial charge in [0.1, 0.15) is 5.82 Å². The average molecular weight is 193 g/mol. The van der Waals surface area contributed by atoms with Crippen molar-refractivity contribution in [3.63, 3.8) is 0 Å². The van der Waals surface area contributed by atoms with Crippen LogP contribution in [0, 0.1) is 0 Å². The van der Waals surface area contributed by atoms with E-state index in [0.29, 0.717) is 5.82 Å². The van der Waals surface area contributed by atoms with Crippen LogP contribution in [0.15, 0.2) is 12.4 Å². The minimum absolute atomic E-state index is 0.370. The molecule has 0 radical (unpaired) electrons. The van der Waals surface area contributed by atoms with E-state index in [9.17, 15) is 13.2 Å². The first-order valence-corrected chi connectivity index (χ1v) is 3.27. The van der Waals surface area contributed by atoms with Crippen LogP contribution < -0.4 is 10.1 Å². The lowest BCUT2D eigenvalue weighted by molar-refractivity contribution is -0.276. The zero-order valence-corrected chi connectivity index (χ0v) is 6.59. The van der Waals surface area contributed by atoms with Gasteiger partial charge in [0.15, 0.2) is 0 Å². The van der Waals surface area contributed by atoms with E-state index in [1.165, 1.54) is 0 Å². The van der Waals surface area contributed by atoms with Gasteiger partial charge in [-0.2, -0.15) is 0 Å². The van der Waals surface area contributed by atoms with Gasteiger partial charge in [-0.3, -0.25) is 0 Å². The Bertz CT molecular complexity index is 271. The van der Waals surface area contributed by atoms with Gasteiger partial charge in [-0.05, 0) is 0 Å². The van der Waals surface area contributed by atoms with E-state index < -0.39 is 12.2 Å². The summed E-state index contributed by atoms with van der Waals surface area (Å²) in [4.78, 5) is 6.95. The molecule has 13 heavy (non-hydrogen) atoms. The second-order valence-corrected chi connectivity index (χ2v) is 2.04. The Morgan fingerprint density at radius 1 is 1.31 bits per heavy atom. The molecule has 7 heteroatoms. The number of aromatic nitrogens is 2. The van der Waals surface area contributed by atoms with Crippen molar-refractivity contribution < 1.29 is 17.9 Å². The van der Waals surface area contributed by atoms with Crippen LogP contribution >= 0.6 is 0 Å². The predicted molar refractivity (Wildman–Crippen MR) is 38.3 cm³/mol. The summed E-state index contributed by atoms with van der Waals surface area (Å²) < 4.78 is 38.4. The van der Waals surface area contributed by atoms with Crippen LogP contribution in [-0.4, -0.2) is 23.4 Å². The van der Waals surface area contributed by atoms with Gasteiger partial charge in [0.25, 0.3) is 0 Å². The fourth-order valence-corrected chi connectivity index (χ4v) is 0.617. The molecule has 0 saturated heterocycles. The first-order chi connectivity index (χ1) is 6.01. The Hall–Kier alpha value is -1.53. The second kappa shape index (κ2) is 3.46. The Labute approximate surface area is 71.8 Å². The number of halogens is 3. The normalized spacial score (nSPS) is 11.1. The topological polar surface area (TPSA) is 47.0 Å². The molecule has 0 aliphatic rings. The molecule has 1 N–H and O–H groups in total. The molecule has 0 unspecified atom stereocenters. The Kier molecular flexibility index (Phi) is 2.54. The summed E-state index contributed by atoms with van der Waals surface area (Å²) in [5, 5.41) is 2.61. The summed E-state index contributed by atoms with van der Waals surface area (Å²) >= 11 is 0. The van der Waals surface area contributed by atoms with Gasteiger partial charge >= 0.3 is 6.36 Å². The van der Waals surface area contributed by atoms with E-state index in [4.69, 9.17) is 0 Å². The highest BCUT2D eigenvalue weighted by atomic mass is 19.4. The molecule has 1 heterocycles. The minimum atomic E-state index is -4.73. The van der Waals surface area contributed by atoms with Crippen LogP contribution in [0.1, 0.15) is 0 Å². The molecule has 1 rings (SSSR count). The third kappa shape index (κ3) is 3.14. The summed E-state index contributed by atoms with van der Waals surface area (Å²) in [6.07, 6.45) is -2.70. The van der Waals surface area contributed by atoms with Crippen LogP contribution in [-0.2, 0) is 0 Å². The monoisotopic (exact) mass is 193 g/mol. The third-order valence-electron chi connectivity index (χ3n) is 1.10. The molecular formula is C6H6F3N3O. The maximum Gasteiger partial charge on any atom is 0.574 e. The highest BCUT2D eigenvalue weighted by Crippen LogP contribution is 2.19. The molecule has 0 atom stereocenters. The van der Waals surface area contributed by atoms with Gasteiger partial charge in [0.2, 0.25) is 5.88 Å². The van der Waals surface area contributed by atoms with Crippen molar-refractivity contribution in [1.29, 1.82) is 0 Å². The Balaban J connectivity index is 2.70. The molecule has 0 amide bonds. The molecule has 4 nitrogen and oxygen atoms in total. The molecule has 0 aliphatic heterocycles. The van der Waals surface area contributed by atoms with Crippen molar-refractivity contribution >= 4 is 5.82 Å². The molecule has 0 aliphatic carbocycles. The van der Waals surface area contributed by atoms with Gasteiger partial charge < -0.3 is 10.1 Å². The fraction of sp³-hybridized carbons (Fsp3) is 0.333. The molecular weight excluding hydrogens is 187 g/mol. The van der Waals surface area contributed by atoms with Crippen LogP contribution in [0.2, 0.25) is 0 Å². The van der Waals surface area contributed by atoms with Crippen molar-refractivity contribution in [3.8, 4) is 5.88 Å². The van der Waals surface area contributed by atoms with Crippen LogP contribution in [0.3, 0.4) is 0 Å². The second-order valence-electron chi connectivity index (χ2n) is 2.04. The number of hydrogen-bond donors (Lipinski definition) is 1. The van der Waals surface area contributed by atoms with E-state index in [1.54, 1.807) is 7.05 Å². The van der Waals surface area contributed by atoms with E-state index in [1.807, 2.05) is 0 Å². The fourth-order valence-electron chi connectivity index (χ4n) is 0.617. The molecule has 72 valence electrons. The lowest BCUT2D eigenvalue weighted by Crippen LogP contribution is -2.18. The maximum absolute atomic E-state index is 11.6. The van der Waals surface area contributed by atoms with Crippen LogP contribution in [0.5, 0.6) is 5.88 Å². The summed E-state index contributed by atoms with van der Waals surface area (Å²) in [7, 11) is 1.58. The Morgan fingerprint density at radius 3 is 2.38 bits per heavy atom. The molecule has 1 aromatic rings. The number of nitrogens with zero attached hydrogens (tertiary/aromatic N) is 2. The highest BCUT2D eigenvalue weighted by Gasteiger charge is 2.31. The standard InChI is InChI=1S/C6H6F3N3O/c1-10-4-2-12-5(3-11-4)13-6(7,8)9/h2-3H,1H3,(H,10,11). The molecule has 0 aromatic carbocycles. The number of hydrogen-bond acceptors (Lipinski definition) is 4. The predicted octanol–water partition coefficient (Wildman–Crippen LogP) is 1.42. The van der Waals surface area contributed by atoms with Gasteiger partial charge in [0.05, 0.1) is 12.4 Å². The number of anilines is 1. The minimum Gasteiger partial charge on any atom is -0.386 e. The summed E-state index contributed by atoms with van der Waals surface area (Å²) in [6.45, 7) is 0. The largest absolute Gasteiger partial charge is 0.574 e. The van der Waals surface area contributed by atoms with Gasteiger partial charge in [-0.25, -0.2) is 9.97 Å². The van der Waals surface area contributed by atoms with E-state index in [-0.39, 0.29) is 0 Å². The van der Waals surface area contributed by atoms with E-state index >= 15 is 0 Å². The molecule has 0 spiro atoms. The lowest BCUT2D eigenvalue weighted by Gasteiger charge is -2.07. The first-order valence-electron chi connectivity index (χ1n) is 3.27. The molecule has 0 saturated carbocycles. The average Bonchev–Trinajstić information content (AvgIpc) is 2.03. The van der Waals surface area contributed by atoms with Gasteiger partial charge in [-0.1, -0.05) is 0 Å². The van der Waals surface area contributed by atoms with Crippen molar-refractivity contribution in [2.75, 3.05) is 12.4 Å². The zero-order chi connectivity index (χ0) is 9.90. The SMILES string of the molecule is CNc1cnc(OC(F)(F)F)cn1. The number of ether oxygens (including phenoxy) is 1. The number of rotatable bonds is 2. The zero-order valence-electron chi connectivity index (χ0n) is 6.59. The smallest absolute Gasteiger partial charge is 0.386 e. The van der Waals surface area contributed by atoms with Gasteiger partial charge in [0, 0.05) is 7.05 Å². The Morgan fingerprint density at radius 2 is 2.00 bits per heavy atom. The lowest BCUT2D eigenvalue weighted by atomic mass is 10.6. The van der Waals surface area contributed by atoms with Crippen molar-refractivity contribution in [2.45, 2.75) is 6.36 Å². The van der Waals surface area contributed by atoms with Crippen LogP contribution in [0.25, 0.3) is 0 Å². The molecule has 0 fully saturated rings. The maximum atomic E-state index is 11.6. The van der Waals surface area contributed by atoms with Gasteiger partial charge in [-0.15, -0.1) is 13.2 Å².